The molecule has 0 amide bonds. The van der Waals surface area contributed by atoms with Crippen LogP contribution in [0.2, 0.25) is 0 Å². The van der Waals surface area contributed by atoms with Gasteiger partial charge in [-0.2, -0.15) is 0 Å². The molecule has 4 nitrogen and oxygen atoms in total. The van der Waals surface area contributed by atoms with Gasteiger partial charge >= 0.3 is 0 Å². The number of aryl methyl sites for hydroxylation is 1. The second-order valence-corrected chi connectivity index (χ2v) is 5.44. The number of hydrogen-bond acceptors (Lipinski definition) is 3. The largest absolute Gasteiger partial charge is 0.378 e. The predicted octanol–water partition coefficient (Wildman–Crippen LogP) is 2.76. The van der Waals surface area contributed by atoms with E-state index in [1.165, 1.54) is 5.82 Å². The lowest BCUT2D eigenvalue weighted by atomic mass is 9.92. The van der Waals surface area contributed by atoms with Gasteiger partial charge in [-0.05, 0) is 32.7 Å². The molecule has 4 heteroatoms. The minimum absolute atomic E-state index is 0.319. The number of hydrogen-bond donors (Lipinski definition) is 1. The van der Waals surface area contributed by atoms with Crippen LogP contribution in [0.1, 0.15) is 51.9 Å². The summed E-state index contributed by atoms with van der Waals surface area (Å²) in [5.41, 5.74) is 0. The molecule has 1 aromatic heterocycles. The van der Waals surface area contributed by atoms with Crippen LogP contribution in [0.25, 0.3) is 0 Å². The fourth-order valence-corrected chi connectivity index (χ4v) is 2.95. The van der Waals surface area contributed by atoms with Crippen LogP contribution >= 0.6 is 0 Å². The number of nitrogens with one attached hydrogen (secondary N) is 1. The third-order valence-corrected chi connectivity index (χ3v) is 3.97. The van der Waals surface area contributed by atoms with Crippen LogP contribution in [0.5, 0.6) is 0 Å². The molecule has 0 bridgehead atoms. The minimum Gasteiger partial charge on any atom is -0.378 e. The molecule has 19 heavy (non-hydrogen) atoms. The minimum atomic E-state index is 0.319. The summed E-state index contributed by atoms with van der Waals surface area (Å²) in [6.45, 7) is 9.56. The van der Waals surface area contributed by atoms with Crippen molar-refractivity contribution in [1.82, 2.24) is 14.9 Å². The van der Waals surface area contributed by atoms with Crippen molar-refractivity contribution in [1.29, 1.82) is 0 Å². The summed E-state index contributed by atoms with van der Waals surface area (Å²) in [4.78, 5) is 4.61. The molecule has 0 aromatic carbocycles. The zero-order valence-corrected chi connectivity index (χ0v) is 12.4. The Balaban J connectivity index is 2.18. The Morgan fingerprint density at radius 3 is 2.95 bits per heavy atom. The first kappa shape index (κ1) is 14.5. The lowest BCUT2D eigenvalue weighted by Crippen LogP contribution is -2.34. The van der Waals surface area contributed by atoms with Gasteiger partial charge in [0.2, 0.25) is 0 Å². The molecule has 1 fully saturated rings. The molecule has 0 spiro atoms. The predicted molar refractivity (Wildman–Crippen MR) is 77.1 cm³/mol. The highest BCUT2D eigenvalue weighted by Crippen LogP contribution is 2.32. The van der Waals surface area contributed by atoms with Gasteiger partial charge in [-0.25, -0.2) is 4.98 Å². The molecule has 2 rings (SSSR count). The van der Waals surface area contributed by atoms with E-state index in [2.05, 4.69) is 41.8 Å². The highest BCUT2D eigenvalue weighted by atomic mass is 16.5. The van der Waals surface area contributed by atoms with Gasteiger partial charge in [0.1, 0.15) is 5.82 Å². The summed E-state index contributed by atoms with van der Waals surface area (Å²) in [5.74, 6) is 1.71. The van der Waals surface area contributed by atoms with Crippen molar-refractivity contribution in [2.75, 3.05) is 13.2 Å². The third-order valence-electron chi connectivity index (χ3n) is 3.97. The van der Waals surface area contributed by atoms with Crippen molar-refractivity contribution in [2.24, 2.45) is 5.92 Å². The van der Waals surface area contributed by atoms with Crippen LogP contribution in [0.15, 0.2) is 12.4 Å². The first-order valence-corrected chi connectivity index (χ1v) is 7.63. The average Bonchev–Trinajstić information content (AvgIpc) is 3.01. The summed E-state index contributed by atoms with van der Waals surface area (Å²) >= 11 is 0. The molecule has 3 unspecified atom stereocenters. The molecule has 0 aliphatic carbocycles. The molecular formula is C15H27N3O. The van der Waals surface area contributed by atoms with Gasteiger partial charge in [-0.15, -0.1) is 0 Å². The second-order valence-electron chi connectivity index (χ2n) is 5.44. The van der Waals surface area contributed by atoms with E-state index in [0.29, 0.717) is 18.1 Å². The van der Waals surface area contributed by atoms with Crippen molar-refractivity contribution < 1.29 is 4.74 Å². The average molecular weight is 265 g/mol. The normalized spacial score (nSPS) is 24.8. The topological polar surface area (TPSA) is 39.1 Å². The van der Waals surface area contributed by atoms with E-state index in [1.807, 2.05) is 6.20 Å². The van der Waals surface area contributed by atoms with E-state index in [4.69, 9.17) is 4.74 Å². The Labute approximate surface area is 116 Å². The Hall–Kier alpha value is -0.870. The number of nitrogens with zero attached hydrogens (tertiary/aromatic N) is 2. The van der Waals surface area contributed by atoms with Crippen LogP contribution in [-0.4, -0.2) is 28.8 Å². The van der Waals surface area contributed by atoms with Gasteiger partial charge < -0.3 is 14.6 Å². The first-order chi connectivity index (χ1) is 9.27. The Bertz CT molecular complexity index is 377. The van der Waals surface area contributed by atoms with Gasteiger partial charge in [-0.1, -0.05) is 13.8 Å². The fourth-order valence-electron chi connectivity index (χ4n) is 2.95. The monoisotopic (exact) mass is 265 g/mol. The van der Waals surface area contributed by atoms with E-state index in [-0.39, 0.29) is 0 Å². The van der Waals surface area contributed by atoms with Gasteiger partial charge in [0.05, 0.1) is 12.1 Å². The Kier molecular flexibility index (Phi) is 5.40. The van der Waals surface area contributed by atoms with E-state index < -0.39 is 0 Å². The van der Waals surface area contributed by atoms with Crippen molar-refractivity contribution in [3.63, 3.8) is 0 Å². The summed E-state index contributed by atoms with van der Waals surface area (Å²) < 4.78 is 8.04. The van der Waals surface area contributed by atoms with Gasteiger partial charge in [0.25, 0.3) is 0 Å². The van der Waals surface area contributed by atoms with Gasteiger partial charge in [0.15, 0.2) is 0 Å². The Morgan fingerprint density at radius 2 is 2.32 bits per heavy atom. The zero-order chi connectivity index (χ0) is 13.7. The van der Waals surface area contributed by atoms with Crippen molar-refractivity contribution >= 4 is 0 Å². The maximum Gasteiger partial charge on any atom is 0.126 e. The molecule has 0 radical (unpaired) electrons. The van der Waals surface area contributed by atoms with Crippen LogP contribution in [0, 0.1) is 5.92 Å². The maximum atomic E-state index is 5.75. The molecule has 2 heterocycles. The number of rotatable bonds is 7. The van der Waals surface area contributed by atoms with Crippen molar-refractivity contribution in [3.05, 3.63) is 18.2 Å². The summed E-state index contributed by atoms with van der Waals surface area (Å²) in [5, 5.41) is 3.68. The summed E-state index contributed by atoms with van der Waals surface area (Å²) in [7, 11) is 0. The SMILES string of the molecule is CCCNC(c1nccn1CCC)C1CCOC1C. The van der Waals surface area contributed by atoms with Gasteiger partial charge in [-0.3, -0.25) is 0 Å². The lowest BCUT2D eigenvalue weighted by molar-refractivity contribution is 0.0938. The molecule has 1 aliphatic heterocycles. The standard InChI is InChI=1S/C15H27N3O/c1-4-7-16-14(13-6-11-19-12(13)3)15-17-8-10-18(15)9-5-2/h8,10,12-14,16H,4-7,9,11H2,1-3H3. The quantitative estimate of drug-likeness (QED) is 0.824. The molecule has 108 valence electrons. The molecule has 1 aromatic rings. The van der Waals surface area contributed by atoms with Crippen LogP contribution in [-0.2, 0) is 11.3 Å². The maximum absolute atomic E-state index is 5.75. The van der Waals surface area contributed by atoms with Crippen LogP contribution in [0.3, 0.4) is 0 Å². The van der Waals surface area contributed by atoms with E-state index in [9.17, 15) is 0 Å². The second kappa shape index (κ2) is 7.06. The van der Waals surface area contributed by atoms with Crippen molar-refractivity contribution in [2.45, 2.75) is 58.7 Å². The van der Waals surface area contributed by atoms with Gasteiger partial charge in [0, 0.05) is 31.5 Å². The Morgan fingerprint density at radius 1 is 1.47 bits per heavy atom. The van der Waals surface area contributed by atoms with E-state index in [1.54, 1.807) is 0 Å². The summed E-state index contributed by atoms with van der Waals surface area (Å²) in [6, 6.07) is 0.319. The van der Waals surface area contributed by atoms with Crippen LogP contribution in [0.4, 0.5) is 0 Å². The molecular weight excluding hydrogens is 238 g/mol. The number of aromatic nitrogens is 2. The molecule has 0 saturated carbocycles. The highest BCUT2D eigenvalue weighted by molar-refractivity contribution is 5.04. The lowest BCUT2D eigenvalue weighted by Gasteiger charge is -2.27. The third kappa shape index (κ3) is 3.37. The van der Waals surface area contributed by atoms with Crippen LogP contribution < -0.4 is 5.32 Å². The number of ether oxygens (including phenoxy) is 1. The van der Waals surface area contributed by atoms with E-state index in [0.717, 1.165) is 39.0 Å². The number of imidazole rings is 1. The highest BCUT2D eigenvalue weighted by Gasteiger charge is 2.34. The van der Waals surface area contributed by atoms with Crippen molar-refractivity contribution in [3.8, 4) is 0 Å². The molecule has 1 saturated heterocycles. The molecule has 3 atom stereocenters. The zero-order valence-electron chi connectivity index (χ0n) is 12.4. The fraction of sp³-hybridized carbons (Fsp3) is 0.800. The van der Waals surface area contributed by atoms with E-state index >= 15 is 0 Å². The first-order valence-electron chi connectivity index (χ1n) is 7.63. The smallest absolute Gasteiger partial charge is 0.126 e. The molecule has 1 N–H and O–H groups in total. The summed E-state index contributed by atoms with van der Waals surface area (Å²) in [6.07, 6.45) is 7.75. The molecule has 1 aliphatic rings.